The fraction of sp³-hybridized carbons (Fsp3) is 0.385. The fourth-order valence-corrected chi connectivity index (χ4v) is 4.06. The molecule has 160 valence electrons. The molecule has 1 N–H and O–H groups in total. The van der Waals surface area contributed by atoms with E-state index in [4.69, 9.17) is 0 Å². The molecule has 0 aliphatic carbocycles. The zero-order valence-electron chi connectivity index (χ0n) is 18.5. The normalized spacial score (nSPS) is 12.4. The number of carbonyl (C=O) groups is 2. The average Bonchev–Trinajstić information content (AvgIpc) is 2.71. The van der Waals surface area contributed by atoms with Gasteiger partial charge in [0.05, 0.1) is 0 Å². The van der Waals surface area contributed by atoms with E-state index in [1.165, 1.54) is 0 Å². The zero-order chi connectivity index (χ0) is 22.3. The molecule has 0 aliphatic heterocycles. The summed E-state index contributed by atoms with van der Waals surface area (Å²) < 4.78 is 0. The Balaban J connectivity index is 2.50. The van der Waals surface area contributed by atoms with Gasteiger partial charge in [0.1, 0.15) is 6.29 Å². The average molecular weight is 408 g/mol. The van der Waals surface area contributed by atoms with Crippen molar-refractivity contribution >= 4 is 12.3 Å². The van der Waals surface area contributed by atoms with Gasteiger partial charge in [-0.25, -0.2) is 4.79 Å². The second-order valence-corrected chi connectivity index (χ2v) is 8.34. The summed E-state index contributed by atoms with van der Waals surface area (Å²) in [7, 11) is 0. The van der Waals surface area contributed by atoms with E-state index in [2.05, 4.69) is 51.3 Å². The Morgan fingerprint density at radius 1 is 1.07 bits per heavy atom. The molecule has 0 radical (unpaired) electrons. The molecule has 2 aromatic rings. The van der Waals surface area contributed by atoms with E-state index in [-0.39, 0.29) is 17.9 Å². The Bertz CT molecular complexity index is 863. The summed E-state index contributed by atoms with van der Waals surface area (Å²) in [6.45, 7) is 13.4. The summed E-state index contributed by atoms with van der Waals surface area (Å²) in [4.78, 5) is 25.3. The van der Waals surface area contributed by atoms with Crippen molar-refractivity contribution in [2.75, 3.05) is 6.54 Å². The molecule has 0 bridgehead atoms. The third kappa shape index (κ3) is 6.14. The number of aliphatic carboxylic acids is 1. The van der Waals surface area contributed by atoms with Crippen LogP contribution in [-0.2, 0) is 11.2 Å². The van der Waals surface area contributed by atoms with Crippen molar-refractivity contribution in [2.24, 2.45) is 0 Å². The van der Waals surface area contributed by atoms with E-state index in [0.29, 0.717) is 17.6 Å². The predicted octanol–water partition coefficient (Wildman–Crippen LogP) is 5.32. The molecule has 0 heterocycles. The van der Waals surface area contributed by atoms with Gasteiger partial charge in [0.2, 0.25) is 0 Å². The van der Waals surface area contributed by atoms with Crippen molar-refractivity contribution in [1.82, 2.24) is 4.90 Å². The molecule has 4 heteroatoms. The highest BCUT2D eigenvalue weighted by Crippen LogP contribution is 2.33. The van der Waals surface area contributed by atoms with Gasteiger partial charge in [-0.2, -0.15) is 0 Å². The first kappa shape index (κ1) is 23.6. The van der Waals surface area contributed by atoms with E-state index < -0.39 is 5.97 Å². The molecule has 30 heavy (non-hydrogen) atoms. The Kier molecular flexibility index (Phi) is 8.55. The third-order valence-electron chi connectivity index (χ3n) is 5.59. The molecule has 1 atom stereocenters. The number of carbonyl (C=O) groups excluding carboxylic acids is 1. The molecule has 0 aromatic heterocycles. The van der Waals surface area contributed by atoms with Gasteiger partial charge >= 0.3 is 5.97 Å². The number of hydrogen-bond acceptors (Lipinski definition) is 3. The summed E-state index contributed by atoms with van der Waals surface area (Å²) >= 11 is 0. The minimum Gasteiger partial charge on any atom is -0.478 e. The molecule has 0 saturated carbocycles. The van der Waals surface area contributed by atoms with Crippen LogP contribution in [0, 0.1) is 0 Å². The van der Waals surface area contributed by atoms with Crippen molar-refractivity contribution in [1.29, 1.82) is 0 Å². The van der Waals surface area contributed by atoms with Gasteiger partial charge in [0, 0.05) is 35.6 Å². The van der Waals surface area contributed by atoms with Crippen LogP contribution in [0.1, 0.15) is 67.1 Å². The van der Waals surface area contributed by atoms with Gasteiger partial charge in [0.25, 0.3) is 0 Å². The number of rotatable bonds is 11. The van der Waals surface area contributed by atoms with E-state index in [0.717, 1.165) is 35.9 Å². The molecule has 0 aliphatic rings. The minimum absolute atomic E-state index is 0.0581. The standard InChI is InChI=1S/C26H33NO3/c1-18(2)27(19(3)4)14-13-24(22-9-7-6-8-10-22)25-16-21(17-28)11-12-23(25)15-20(5)26(29)30/h6-12,16-19,24H,5,13-15H2,1-4H3,(H,29,30). The first-order valence-electron chi connectivity index (χ1n) is 10.5. The number of aldehydes is 1. The van der Waals surface area contributed by atoms with Crippen molar-refractivity contribution in [3.05, 3.63) is 82.9 Å². The van der Waals surface area contributed by atoms with Gasteiger partial charge in [-0.05, 0) is 63.4 Å². The highest BCUT2D eigenvalue weighted by Gasteiger charge is 2.22. The molecule has 0 saturated heterocycles. The Morgan fingerprint density at radius 2 is 1.70 bits per heavy atom. The van der Waals surface area contributed by atoms with Crippen LogP contribution in [0.4, 0.5) is 0 Å². The van der Waals surface area contributed by atoms with Crippen LogP contribution in [0.3, 0.4) is 0 Å². The van der Waals surface area contributed by atoms with Crippen LogP contribution in [0.15, 0.2) is 60.7 Å². The monoisotopic (exact) mass is 407 g/mol. The summed E-state index contributed by atoms with van der Waals surface area (Å²) in [5, 5.41) is 9.33. The largest absolute Gasteiger partial charge is 0.478 e. The lowest BCUT2D eigenvalue weighted by molar-refractivity contribution is -0.132. The van der Waals surface area contributed by atoms with Crippen LogP contribution >= 0.6 is 0 Å². The first-order valence-corrected chi connectivity index (χ1v) is 10.5. The van der Waals surface area contributed by atoms with E-state index >= 15 is 0 Å². The molecule has 2 aromatic carbocycles. The maximum absolute atomic E-state index is 11.5. The van der Waals surface area contributed by atoms with Gasteiger partial charge in [-0.15, -0.1) is 0 Å². The van der Waals surface area contributed by atoms with Gasteiger partial charge < -0.3 is 5.11 Å². The number of hydrogen-bond donors (Lipinski definition) is 1. The molecular formula is C26H33NO3. The lowest BCUT2D eigenvalue weighted by atomic mass is 9.83. The number of carboxylic acid groups (broad SMARTS) is 1. The molecule has 4 nitrogen and oxygen atoms in total. The lowest BCUT2D eigenvalue weighted by Gasteiger charge is -2.32. The second kappa shape index (κ2) is 10.9. The summed E-state index contributed by atoms with van der Waals surface area (Å²) in [5.74, 6) is -0.940. The Hall–Kier alpha value is -2.72. The molecule has 0 fully saturated rings. The predicted molar refractivity (Wildman–Crippen MR) is 122 cm³/mol. The topological polar surface area (TPSA) is 57.6 Å². The smallest absolute Gasteiger partial charge is 0.331 e. The quantitative estimate of drug-likeness (QED) is 0.404. The highest BCUT2D eigenvalue weighted by molar-refractivity contribution is 5.86. The van der Waals surface area contributed by atoms with Crippen molar-refractivity contribution in [3.63, 3.8) is 0 Å². The maximum atomic E-state index is 11.5. The second-order valence-electron chi connectivity index (χ2n) is 8.34. The Labute approximate surface area is 180 Å². The Morgan fingerprint density at radius 3 is 2.23 bits per heavy atom. The number of benzene rings is 2. The maximum Gasteiger partial charge on any atom is 0.331 e. The molecule has 2 rings (SSSR count). The summed E-state index contributed by atoms with van der Waals surface area (Å²) in [5.41, 5.74) is 3.81. The molecule has 1 unspecified atom stereocenters. The van der Waals surface area contributed by atoms with E-state index in [1.54, 1.807) is 6.07 Å². The summed E-state index contributed by atoms with van der Waals surface area (Å²) in [6, 6.07) is 16.6. The number of carboxylic acids is 1. The lowest BCUT2D eigenvalue weighted by Crippen LogP contribution is -2.38. The van der Waals surface area contributed by atoms with Crippen LogP contribution in [0.5, 0.6) is 0 Å². The summed E-state index contributed by atoms with van der Waals surface area (Å²) in [6.07, 6.45) is 1.97. The molecular weight excluding hydrogens is 374 g/mol. The third-order valence-corrected chi connectivity index (χ3v) is 5.59. The van der Waals surface area contributed by atoms with Crippen LogP contribution in [0.25, 0.3) is 0 Å². The first-order chi connectivity index (χ1) is 14.2. The molecule has 0 amide bonds. The molecule has 0 spiro atoms. The van der Waals surface area contributed by atoms with Crippen molar-refractivity contribution < 1.29 is 14.7 Å². The van der Waals surface area contributed by atoms with Crippen LogP contribution in [0.2, 0.25) is 0 Å². The fourth-order valence-electron chi connectivity index (χ4n) is 4.06. The van der Waals surface area contributed by atoms with Gasteiger partial charge in [-0.1, -0.05) is 49.0 Å². The SMILES string of the molecule is C=C(Cc1ccc(C=O)cc1C(CCN(C(C)C)C(C)C)c1ccccc1)C(=O)O. The van der Waals surface area contributed by atoms with Crippen molar-refractivity contribution in [2.45, 2.75) is 58.5 Å². The van der Waals surface area contributed by atoms with Crippen LogP contribution in [-0.4, -0.2) is 40.9 Å². The zero-order valence-corrected chi connectivity index (χ0v) is 18.5. The van der Waals surface area contributed by atoms with E-state index in [9.17, 15) is 14.7 Å². The van der Waals surface area contributed by atoms with Gasteiger partial charge in [0.15, 0.2) is 0 Å². The minimum atomic E-state index is -0.998. The highest BCUT2D eigenvalue weighted by atomic mass is 16.4. The van der Waals surface area contributed by atoms with Gasteiger partial charge in [-0.3, -0.25) is 9.69 Å². The van der Waals surface area contributed by atoms with Crippen molar-refractivity contribution in [3.8, 4) is 0 Å². The van der Waals surface area contributed by atoms with Crippen LogP contribution < -0.4 is 0 Å². The number of nitrogens with zero attached hydrogens (tertiary/aromatic N) is 1. The van der Waals surface area contributed by atoms with E-state index in [1.807, 2.05) is 30.3 Å².